The summed E-state index contributed by atoms with van der Waals surface area (Å²) in [7, 11) is 0. The molecule has 4 heteroatoms. The average Bonchev–Trinajstić information content (AvgIpc) is 2.93. The summed E-state index contributed by atoms with van der Waals surface area (Å²) in [6.45, 7) is 5.55. The first-order valence-corrected chi connectivity index (χ1v) is 6.44. The molecule has 0 spiro atoms. The van der Waals surface area contributed by atoms with Gasteiger partial charge in [0.2, 0.25) is 5.91 Å². The van der Waals surface area contributed by atoms with Crippen LogP contribution in [0.1, 0.15) is 32.4 Å². The second kappa shape index (κ2) is 4.68. The third kappa shape index (κ3) is 2.48. The van der Waals surface area contributed by atoms with Gasteiger partial charge < -0.3 is 10.4 Å². The SMILES string of the molecule is C[C@@H](NC(=O)C1C(C(=O)O)C1(C)C)c1ccccc1. The molecule has 1 saturated carbocycles. The zero-order chi connectivity index (χ0) is 14.2. The summed E-state index contributed by atoms with van der Waals surface area (Å²) in [4.78, 5) is 23.2. The molecular weight excluding hydrogens is 242 g/mol. The van der Waals surface area contributed by atoms with E-state index in [9.17, 15) is 9.59 Å². The topological polar surface area (TPSA) is 66.4 Å². The van der Waals surface area contributed by atoms with Crippen molar-refractivity contribution in [3.8, 4) is 0 Å². The predicted molar refractivity (Wildman–Crippen MR) is 71.4 cm³/mol. The summed E-state index contributed by atoms with van der Waals surface area (Å²) < 4.78 is 0. The third-order valence-corrected chi connectivity index (χ3v) is 4.03. The van der Waals surface area contributed by atoms with Crippen LogP contribution in [-0.2, 0) is 9.59 Å². The number of aliphatic carboxylic acids is 1. The molecule has 2 N–H and O–H groups in total. The largest absolute Gasteiger partial charge is 0.481 e. The summed E-state index contributed by atoms with van der Waals surface area (Å²) in [6, 6.07) is 9.52. The van der Waals surface area contributed by atoms with Gasteiger partial charge in [0, 0.05) is 0 Å². The fraction of sp³-hybridized carbons (Fsp3) is 0.467. The van der Waals surface area contributed by atoms with E-state index in [0.29, 0.717) is 0 Å². The van der Waals surface area contributed by atoms with Gasteiger partial charge in [-0.25, -0.2) is 0 Å². The van der Waals surface area contributed by atoms with Gasteiger partial charge in [0.25, 0.3) is 0 Å². The molecule has 1 aromatic rings. The zero-order valence-corrected chi connectivity index (χ0v) is 11.4. The molecule has 1 amide bonds. The number of nitrogens with one attached hydrogen (secondary N) is 1. The predicted octanol–water partition coefficient (Wildman–Crippen LogP) is 2.22. The summed E-state index contributed by atoms with van der Waals surface area (Å²) in [5.41, 5.74) is 0.563. The van der Waals surface area contributed by atoms with Crippen LogP contribution in [0, 0.1) is 17.3 Å². The van der Waals surface area contributed by atoms with Crippen LogP contribution in [0.4, 0.5) is 0 Å². The summed E-state index contributed by atoms with van der Waals surface area (Å²) in [6.07, 6.45) is 0. The van der Waals surface area contributed by atoms with E-state index in [1.54, 1.807) is 0 Å². The molecule has 102 valence electrons. The fourth-order valence-electron chi connectivity index (χ4n) is 2.72. The van der Waals surface area contributed by atoms with Crippen molar-refractivity contribution in [2.24, 2.45) is 17.3 Å². The maximum atomic E-state index is 12.1. The Morgan fingerprint density at radius 1 is 1.21 bits per heavy atom. The first-order chi connectivity index (χ1) is 8.85. The molecule has 0 saturated heterocycles. The van der Waals surface area contributed by atoms with Crippen LogP contribution in [-0.4, -0.2) is 17.0 Å². The monoisotopic (exact) mass is 261 g/mol. The van der Waals surface area contributed by atoms with Crippen molar-refractivity contribution in [2.45, 2.75) is 26.8 Å². The van der Waals surface area contributed by atoms with Crippen LogP contribution >= 0.6 is 0 Å². The average molecular weight is 261 g/mol. The highest BCUT2D eigenvalue weighted by atomic mass is 16.4. The molecule has 1 aliphatic carbocycles. The van der Waals surface area contributed by atoms with E-state index in [0.717, 1.165) is 5.56 Å². The lowest BCUT2D eigenvalue weighted by Crippen LogP contribution is -2.29. The van der Waals surface area contributed by atoms with Crippen LogP contribution in [0.25, 0.3) is 0 Å². The Balaban J connectivity index is 2.02. The normalized spacial score (nSPS) is 25.4. The van der Waals surface area contributed by atoms with E-state index in [1.165, 1.54) is 0 Å². The van der Waals surface area contributed by atoms with Gasteiger partial charge in [0.05, 0.1) is 17.9 Å². The van der Waals surface area contributed by atoms with E-state index in [1.807, 2.05) is 51.1 Å². The van der Waals surface area contributed by atoms with Crippen LogP contribution < -0.4 is 5.32 Å². The molecule has 4 nitrogen and oxygen atoms in total. The molecule has 2 unspecified atom stereocenters. The highest BCUT2D eigenvalue weighted by molar-refractivity contribution is 5.91. The van der Waals surface area contributed by atoms with Gasteiger partial charge in [-0.1, -0.05) is 44.2 Å². The Morgan fingerprint density at radius 2 is 1.79 bits per heavy atom. The number of carbonyl (C=O) groups is 2. The summed E-state index contributed by atoms with van der Waals surface area (Å²) in [5, 5.41) is 12.0. The van der Waals surface area contributed by atoms with Gasteiger partial charge in [0.1, 0.15) is 0 Å². The molecule has 0 heterocycles. The van der Waals surface area contributed by atoms with E-state index in [2.05, 4.69) is 5.32 Å². The number of rotatable bonds is 4. The Morgan fingerprint density at radius 3 is 2.26 bits per heavy atom. The lowest BCUT2D eigenvalue weighted by molar-refractivity contribution is -0.140. The van der Waals surface area contributed by atoms with Crippen molar-refractivity contribution in [2.75, 3.05) is 0 Å². The van der Waals surface area contributed by atoms with Crippen molar-refractivity contribution < 1.29 is 14.7 Å². The van der Waals surface area contributed by atoms with Crippen LogP contribution in [0.15, 0.2) is 30.3 Å². The van der Waals surface area contributed by atoms with Gasteiger partial charge in [-0.2, -0.15) is 0 Å². The van der Waals surface area contributed by atoms with Gasteiger partial charge in [-0.3, -0.25) is 9.59 Å². The van der Waals surface area contributed by atoms with Gasteiger partial charge in [-0.05, 0) is 17.9 Å². The molecular formula is C15H19NO3. The van der Waals surface area contributed by atoms with Crippen LogP contribution in [0.3, 0.4) is 0 Å². The molecule has 1 aliphatic rings. The number of carboxylic acids is 1. The maximum Gasteiger partial charge on any atom is 0.307 e. The first kappa shape index (κ1) is 13.6. The highest BCUT2D eigenvalue weighted by Crippen LogP contribution is 2.58. The lowest BCUT2D eigenvalue weighted by Gasteiger charge is -2.14. The van der Waals surface area contributed by atoms with Gasteiger partial charge in [0.15, 0.2) is 0 Å². The Labute approximate surface area is 112 Å². The standard InChI is InChI=1S/C15H19NO3/c1-9(10-7-5-4-6-8-10)16-13(17)11-12(14(18)19)15(11,2)3/h4-9,11-12H,1-3H3,(H,16,17)(H,18,19)/t9-,11?,12?/m1/s1. The van der Waals surface area contributed by atoms with Crippen molar-refractivity contribution in [3.05, 3.63) is 35.9 Å². The number of carboxylic acid groups (broad SMARTS) is 1. The third-order valence-electron chi connectivity index (χ3n) is 4.03. The maximum absolute atomic E-state index is 12.1. The second-order valence-electron chi connectivity index (χ2n) is 5.76. The minimum atomic E-state index is -0.891. The van der Waals surface area contributed by atoms with Gasteiger partial charge >= 0.3 is 5.97 Å². The minimum Gasteiger partial charge on any atom is -0.481 e. The lowest BCUT2D eigenvalue weighted by atomic mass is 10.1. The quantitative estimate of drug-likeness (QED) is 0.873. The molecule has 0 radical (unpaired) electrons. The molecule has 0 bridgehead atoms. The van der Waals surface area contributed by atoms with Crippen molar-refractivity contribution >= 4 is 11.9 Å². The Bertz CT molecular complexity index is 495. The van der Waals surface area contributed by atoms with E-state index >= 15 is 0 Å². The molecule has 3 atom stereocenters. The number of hydrogen-bond donors (Lipinski definition) is 2. The fourth-order valence-corrected chi connectivity index (χ4v) is 2.72. The molecule has 1 aromatic carbocycles. The van der Waals surface area contributed by atoms with Crippen molar-refractivity contribution in [3.63, 3.8) is 0 Å². The van der Waals surface area contributed by atoms with Crippen molar-refractivity contribution in [1.29, 1.82) is 0 Å². The zero-order valence-electron chi connectivity index (χ0n) is 11.4. The number of hydrogen-bond acceptors (Lipinski definition) is 2. The van der Waals surface area contributed by atoms with E-state index < -0.39 is 23.2 Å². The summed E-state index contributed by atoms with van der Waals surface area (Å²) >= 11 is 0. The summed E-state index contributed by atoms with van der Waals surface area (Å²) in [5.74, 6) is -2.07. The molecule has 1 fully saturated rings. The Hall–Kier alpha value is -1.84. The Kier molecular flexibility index (Phi) is 3.35. The number of benzene rings is 1. The number of carbonyl (C=O) groups excluding carboxylic acids is 1. The minimum absolute atomic E-state index is 0.112. The molecule has 2 rings (SSSR count). The molecule has 0 aliphatic heterocycles. The number of amides is 1. The van der Waals surface area contributed by atoms with Gasteiger partial charge in [-0.15, -0.1) is 0 Å². The first-order valence-electron chi connectivity index (χ1n) is 6.44. The smallest absolute Gasteiger partial charge is 0.307 e. The van der Waals surface area contributed by atoms with Crippen molar-refractivity contribution in [1.82, 2.24) is 5.32 Å². The van der Waals surface area contributed by atoms with Crippen LogP contribution in [0.2, 0.25) is 0 Å². The van der Waals surface area contributed by atoms with Crippen LogP contribution in [0.5, 0.6) is 0 Å². The van der Waals surface area contributed by atoms with E-state index in [-0.39, 0.29) is 11.9 Å². The molecule has 19 heavy (non-hydrogen) atoms. The molecule has 0 aromatic heterocycles. The highest BCUT2D eigenvalue weighted by Gasteiger charge is 2.65. The second-order valence-corrected chi connectivity index (χ2v) is 5.76. The van der Waals surface area contributed by atoms with E-state index in [4.69, 9.17) is 5.11 Å².